The Morgan fingerprint density at radius 1 is 1.38 bits per heavy atom. The first-order valence-corrected chi connectivity index (χ1v) is 8.21. The summed E-state index contributed by atoms with van der Waals surface area (Å²) in [5.74, 6) is 0.350. The van der Waals surface area contributed by atoms with Gasteiger partial charge in [0, 0.05) is 12.7 Å². The van der Waals surface area contributed by atoms with Crippen molar-refractivity contribution in [3.05, 3.63) is 23.8 Å². The lowest BCUT2D eigenvalue weighted by atomic mass is 10.1. The Balaban J connectivity index is 2.26. The van der Waals surface area contributed by atoms with Gasteiger partial charge >= 0.3 is 5.97 Å². The van der Waals surface area contributed by atoms with E-state index >= 15 is 0 Å². The minimum absolute atomic E-state index is 0.00472. The number of anilines is 1. The van der Waals surface area contributed by atoms with Gasteiger partial charge in [0.1, 0.15) is 24.5 Å². The molecule has 0 spiro atoms. The number of ether oxygens (including phenoxy) is 3. The van der Waals surface area contributed by atoms with Crippen LogP contribution < -0.4 is 9.64 Å². The van der Waals surface area contributed by atoms with Crippen molar-refractivity contribution in [3.8, 4) is 5.75 Å². The van der Waals surface area contributed by atoms with Crippen LogP contribution in [0.5, 0.6) is 5.75 Å². The number of carbonyl (C=O) groups is 2. The maximum Gasteiger partial charge on any atom is 0.328 e. The van der Waals surface area contributed by atoms with Gasteiger partial charge in [-0.2, -0.15) is 0 Å². The van der Waals surface area contributed by atoms with Gasteiger partial charge in [-0.3, -0.25) is 4.79 Å². The molecule has 0 bridgehead atoms. The SMILES string of the molecule is CCC1CN(C(C)C(=O)OCCOC)c2cc(C(C)=O)ccc2O1. The highest BCUT2D eigenvalue weighted by Gasteiger charge is 2.32. The average molecular weight is 335 g/mol. The highest BCUT2D eigenvalue weighted by molar-refractivity contribution is 5.96. The summed E-state index contributed by atoms with van der Waals surface area (Å²) >= 11 is 0. The number of ketones is 1. The number of rotatable bonds is 7. The van der Waals surface area contributed by atoms with Crippen LogP contribution in [0.1, 0.15) is 37.6 Å². The molecule has 1 heterocycles. The number of esters is 1. The Morgan fingerprint density at radius 2 is 2.12 bits per heavy atom. The predicted octanol–water partition coefficient (Wildman–Crippen LogP) is 2.44. The zero-order chi connectivity index (χ0) is 17.7. The summed E-state index contributed by atoms with van der Waals surface area (Å²) < 4.78 is 16.1. The predicted molar refractivity (Wildman–Crippen MR) is 90.8 cm³/mol. The van der Waals surface area contributed by atoms with Crippen LogP contribution >= 0.6 is 0 Å². The number of carbonyl (C=O) groups excluding carboxylic acids is 2. The number of hydrogen-bond donors (Lipinski definition) is 0. The highest BCUT2D eigenvalue weighted by Crippen LogP contribution is 2.36. The molecule has 6 nitrogen and oxygen atoms in total. The monoisotopic (exact) mass is 335 g/mol. The highest BCUT2D eigenvalue weighted by atomic mass is 16.6. The van der Waals surface area contributed by atoms with Crippen LogP contribution in [0.4, 0.5) is 5.69 Å². The topological polar surface area (TPSA) is 65.1 Å². The van der Waals surface area contributed by atoms with E-state index in [2.05, 4.69) is 0 Å². The molecule has 24 heavy (non-hydrogen) atoms. The summed E-state index contributed by atoms with van der Waals surface area (Å²) in [6, 6.07) is 4.85. The van der Waals surface area contributed by atoms with Crippen LogP contribution in [0.3, 0.4) is 0 Å². The maximum atomic E-state index is 12.3. The molecule has 1 aliphatic rings. The first-order valence-electron chi connectivity index (χ1n) is 8.21. The van der Waals surface area contributed by atoms with Crippen molar-refractivity contribution in [2.75, 3.05) is 31.8 Å². The molecule has 0 radical (unpaired) electrons. The molecule has 0 aromatic heterocycles. The molecular weight excluding hydrogens is 310 g/mol. The van der Waals surface area contributed by atoms with Gasteiger partial charge in [0.25, 0.3) is 0 Å². The van der Waals surface area contributed by atoms with Gasteiger partial charge < -0.3 is 19.1 Å². The third kappa shape index (κ3) is 4.06. The van der Waals surface area contributed by atoms with Crippen LogP contribution in [-0.4, -0.2) is 50.8 Å². The van der Waals surface area contributed by atoms with E-state index < -0.39 is 6.04 Å². The molecule has 2 atom stereocenters. The van der Waals surface area contributed by atoms with Crippen LogP contribution in [0, 0.1) is 0 Å². The van der Waals surface area contributed by atoms with E-state index in [9.17, 15) is 9.59 Å². The molecule has 0 fully saturated rings. The van der Waals surface area contributed by atoms with Crippen LogP contribution in [0.25, 0.3) is 0 Å². The summed E-state index contributed by atoms with van der Waals surface area (Å²) in [7, 11) is 1.56. The minimum atomic E-state index is -0.472. The molecule has 0 saturated heterocycles. The van der Waals surface area contributed by atoms with E-state index in [1.54, 1.807) is 32.2 Å². The van der Waals surface area contributed by atoms with Gasteiger partial charge in [-0.15, -0.1) is 0 Å². The first kappa shape index (κ1) is 18.3. The first-order chi connectivity index (χ1) is 11.5. The molecular formula is C18H25NO5. The van der Waals surface area contributed by atoms with E-state index in [1.165, 1.54) is 6.92 Å². The summed E-state index contributed by atoms with van der Waals surface area (Å²) in [6.07, 6.45) is 0.824. The van der Waals surface area contributed by atoms with E-state index in [0.29, 0.717) is 24.5 Å². The number of methoxy groups -OCH3 is 1. The van der Waals surface area contributed by atoms with Gasteiger partial charge in [-0.1, -0.05) is 6.92 Å². The van der Waals surface area contributed by atoms with E-state index in [4.69, 9.17) is 14.2 Å². The van der Waals surface area contributed by atoms with Gasteiger partial charge in [0.15, 0.2) is 5.78 Å². The van der Waals surface area contributed by atoms with E-state index in [0.717, 1.165) is 12.1 Å². The third-order valence-corrected chi connectivity index (χ3v) is 4.16. The molecule has 2 rings (SSSR count). The minimum Gasteiger partial charge on any atom is -0.486 e. The Labute approximate surface area is 142 Å². The molecule has 0 saturated carbocycles. The lowest BCUT2D eigenvalue weighted by Gasteiger charge is -2.38. The Hall–Kier alpha value is -2.08. The van der Waals surface area contributed by atoms with E-state index in [1.807, 2.05) is 11.8 Å². The summed E-state index contributed by atoms with van der Waals surface area (Å²) in [6.45, 7) is 6.53. The van der Waals surface area contributed by atoms with Gasteiger partial charge in [0.2, 0.25) is 0 Å². The van der Waals surface area contributed by atoms with Crippen LogP contribution in [0.2, 0.25) is 0 Å². The zero-order valence-electron chi connectivity index (χ0n) is 14.7. The number of Topliss-reactive ketones (excluding diaryl/α,β-unsaturated/α-hetero) is 1. The largest absolute Gasteiger partial charge is 0.486 e. The van der Waals surface area contributed by atoms with Crippen molar-refractivity contribution in [2.24, 2.45) is 0 Å². The van der Waals surface area contributed by atoms with Crippen molar-refractivity contribution in [1.29, 1.82) is 0 Å². The zero-order valence-corrected chi connectivity index (χ0v) is 14.7. The number of benzene rings is 1. The molecule has 1 aromatic carbocycles. The maximum absolute atomic E-state index is 12.3. The van der Waals surface area contributed by atoms with Crippen LogP contribution in [-0.2, 0) is 14.3 Å². The van der Waals surface area contributed by atoms with Crippen LogP contribution in [0.15, 0.2) is 18.2 Å². The van der Waals surface area contributed by atoms with Crippen molar-refractivity contribution in [2.45, 2.75) is 39.3 Å². The second-order valence-electron chi connectivity index (χ2n) is 5.88. The van der Waals surface area contributed by atoms with Gasteiger partial charge in [0.05, 0.1) is 18.8 Å². The smallest absolute Gasteiger partial charge is 0.328 e. The fourth-order valence-electron chi connectivity index (χ4n) is 2.65. The number of nitrogens with zero attached hydrogens (tertiary/aromatic N) is 1. The molecule has 1 aromatic rings. The quantitative estimate of drug-likeness (QED) is 0.433. The molecule has 0 aliphatic carbocycles. The number of fused-ring (bicyclic) bond motifs is 1. The molecule has 0 N–H and O–H groups in total. The lowest BCUT2D eigenvalue weighted by Crippen LogP contribution is -2.48. The second kappa shape index (κ2) is 8.15. The molecule has 0 amide bonds. The standard InChI is InChI=1S/C18H25NO5/c1-5-15-11-19(12(2)18(21)23-9-8-22-4)16-10-14(13(3)20)6-7-17(16)24-15/h6-7,10,12,15H,5,8-9,11H2,1-4H3. The summed E-state index contributed by atoms with van der Waals surface area (Å²) in [5.41, 5.74) is 1.35. The number of hydrogen-bond acceptors (Lipinski definition) is 6. The Bertz CT molecular complexity index is 601. The fourth-order valence-corrected chi connectivity index (χ4v) is 2.65. The summed E-state index contributed by atoms with van der Waals surface area (Å²) in [4.78, 5) is 25.9. The summed E-state index contributed by atoms with van der Waals surface area (Å²) in [5, 5.41) is 0. The van der Waals surface area contributed by atoms with Gasteiger partial charge in [-0.05, 0) is 38.5 Å². The van der Waals surface area contributed by atoms with Crippen molar-refractivity contribution < 1.29 is 23.8 Å². The molecule has 1 aliphatic heterocycles. The average Bonchev–Trinajstić information content (AvgIpc) is 2.59. The molecule has 132 valence electrons. The third-order valence-electron chi connectivity index (χ3n) is 4.16. The second-order valence-corrected chi connectivity index (χ2v) is 5.88. The Morgan fingerprint density at radius 3 is 2.75 bits per heavy atom. The van der Waals surface area contributed by atoms with Crippen molar-refractivity contribution >= 4 is 17.4 Å². The fraction of sp³-hybridized carbons (Fsp3) is 0.556. The van der Waals surface area contributed by atoms with Crippen molar-refractivity contribution in [1.82, 2.24) is 0 Å². The van der Waals surface area contributed by atoms with Crippen molar-refractivity contribution in [3.63, 3.8) is 0 Å². The molecule has 6 heteroatoms. The van der Waals surface area contributed by atoms with E-state index in [-0.39, 0.29) is 24.5 Å². The molecule has 2 unspecified atom stereocenters. The Kier molecular flexibility index (Phi) is 6.20. The lowest BCUT2D eigenvalue weighted by molar-refractivity contribution is -0.146. The van der Waals surface area contributed by atoms with Gasteiger partial charge in [-0.25, -0.2) is 4.79 Å². The normalized spacial score (nSPS) is 17.7.